The van der Waals surface area contributed by atoms with Crippen LogP contribution in [0.4, 0.5) is 5.13 Å². The number of hydrogen-bond donors (Lipinski definition) is 1. The molecule has 0 spiro atoms. The van der Waals surface area contributed by atoms with Gasteiger partial charge in [0.05, 0.1) is 10.9 Å². The molecule has 1 aromatic carbocycles. The van der Waals surface area contributed by atoms with Crippen molar-refractivity contribution in [1.29, 1.82) is 0 Å². The SMILES string of the molecule is CC(C)(Oc1ccc(Cl)cc1)C(=O)Nc1nc2c(s1)CN(S(=O)(=O)C1CC1)CC2. The number of amides is 1. The van der Waals surface area contributed by atoms with E-state index >= 15 is 0 Å². The van der Waals surface area contributed by atoms with Crippen LogP contribution in [0, 0.1) is 0 Å². The molecule has 1 aromatic heterocycles. The average Bonchev–Trinajstić information content (AvgIpc) is 3.44. The maximum absolute atomic E-state index is 12.7. The van der Waals surface area contributed by atoms with E-state index < -0.39 is 15.6 Å². The van der Waals surface area contributed by atoms with Gasteiger partial charge in [-0.2, -0.15) is 4.31 Å². The Bertz CT molecular complexity index is 1030. The van der Waals surface area contributed by atoms with Crippen LogP contribution in [0.15, 0.2) is 24.3 Å². The van der Waals surface area contributed by atoms with E-state index in [4.69, 9.17) is 16.3 Å². The largest absolute Gasteiger partial charge is 0.478 e. The second kappa shape index (κ2) is 7.54. The minimum atomic E-state index is -3.21. The van der Waals surface area contributed by atoms with Crippen LogP contribution < -0.4 is 10.1 Å². The van der Waals surface area contributed by atoms with Gasteiger partial charge in [0.1, 0.15) is 5.75 Å². The Labute approximate surface area is 179 Å². The summed E-state index contributed by atoms with van der Waals surface area (Å²) in [4.78, 5) is 18.1. The molecule has 10 heteroatoms. The number of fused-ring (bicyclic) bond motifs is 1. The number of ether oxygens (including phenoxy) is 1. The number of nitrogens with zero attached hydrogens (tertiary/aromatic N) is 2. The van der Waals surface area contributed by atoms with Gasteiger partial charge in [0.15, 0.2) is 10.7 Å². The van der Waals surface area contributed by atoms with Crippen molar-refractivity contribution >= 4 is 44.0 Å². The van der Waals surface area contributed by atoms with Crippen LogP contribution in [0.2, 0.25) is 5.02 Å². The molecule has 0 unspecified atom stereocenters. The van der Waals surface area contributed by atoms with Crippen molar-refractivity contribution in [2.24, 2.45) is 0 Å². The molecule has 7 nitrogen and oxygen atoms in total. The number of carbonyl (C=O) groups is 1. The van der Waals surface area contributed by atoms with Crippen LogP contribution in [-0.4, -0.2) is 41.0 Å². The predicted molar refractivity (Wildman–Crippen MR) is 113 cm³/mol. The van der Waals surface area contributed by atoms with Crippen LogP contribution in [0.5, 0.6) is 5.75 Å². The fourth-order valence-electron chi connectivity index (χ4n) is 3.11. The molecular weight excluding hydrogens is 434 g/mol. The summed E-state index contributed by atoms with van der Waals surface area (Å²) in [7, 11) is -3.21. The number of anilines is 1. The summed E-state index contributed by atoms with van der Waals surface area (Å²) in [5, 5.41) is 3.63. The lowest BCUT2D eigenvalue weighted by Gasteiger charge is -2.25. The van der Waals surface area contributed by atoms with Gasteiger partial charge in [0.2, 0.25) is 10.0 Å². The van der Waals surface area contributed by atoms with E-state index in [-0.39, 0.29) is 11.2 Å². The topological polar surface area (TPSA) is 88.6 Å². The second-order valence-electron chi connectivity index (χ2n) is 7.74. The standard InChI is InChI=1S/C19H22ClN3O4S2/c1-19(2,27-13-5-3-12(20)4-6-13)17(24)22-18-21-15-9-10-23(11-16(15)28-18)29(25,26)14-7-8-14/h3-6,14H,7-11H2,1-2H3,(H,21,22,24). The van der Waals surface area contributed by atoms with Gasteiger partial charge in [-0.25, -0.2) is 13.4 Å². The molecule has 2 aliphatic rings. The smallest absolute Gasteiger partial charge is 0.269 e. The predicted octanol–water partition coefficient (Wildman–Crippen LogP) is 3.44. The van der Waals surface area contributed by atoms with Crippen molar-refractivity contribution in [3.8, 4) is 5.75 Å². The summed E-state index contributed by atoms with van der Waals surface area (Å²) in [5.74, 6) is 0.204. The monoisotopic (exact) mass is 455 g/mol. The zero-order chi connectivity index (χ0) is 20.8. The van der Waals surface area contributed by atoms with Crippen LogP contribution in [0.25, 0.3) is 0 Å². The molecule has 0 atom stereocenters. The van der Waals surface area contributed by atoms with Crippen molar-refractivity contribution in [1.82, 2.24) is 9.29 Å². The van der Waals surface area contributed by atoms with Gasteiger partial charge in [-0.15, -0.1) is 11.3 Å². The third kappa shape index (κ3) is 4.42. The highest BCUT2D eigenvalue weighted by atomic mass is 35.5. The van der Waals surface area contributed by atoms with E-state index in [0.717, 1.165) is 23.4 Å². The van der Waals surface area contributed by atoms with Gasteiger partial charge in [-0.05, 0) is 51.0 Å². The molecule has 0 bridgehead atoms. The molecule has 4 rings (SSSR count). The van der Waals surface area contributed by atoms with Crippen LogP contribution >= 0.6 is 22.9 Å². The zero-order valence-electron chi connectivity index (χ0n) is 16.1. The Hall–Kier alpha value is -1.68. The number of halogens is 1. The van der Waals surface area contributed by atoms with Gasteiger partial charge >= 0.3 is 0 Å². The fourth-order valence-corrected chi connectivity index (χ4v) is 6.15. The third-order valence-corrected chi connectivity index (χ3v) is 8.55. The molecule has 1 aliphatic carbocycles. The lowest BCUT2D eigenvalue weighted by molar-refractivity contribution is -0.128. The number of rotatable bonds is 6. The Kier molecular flexibility index (Phi) is 5.35. The third-order valence-electron chi connectivity index (χ3n) is 4.96. The highest BCUT2D eigenvalue weighted by molar-refractivity contribution is 7.90. The van der Waals surface area contributed by atoms with E-state index in [1.54, 1.807) is 42.4 Å². The van der Waals surface area contributed by atoms with Crippen molar-refractivity contribution in [3.05, 3.63) is 39.9 Å². The summed E-state index contributed by atoms with van der Waals surface area (Å²) in [5.41, 5.74) is -0.273. The van der Waals surface area contributed by atoms with Gasteiger partial charge < -0.3 is 4.74 Å². The number of sulfonamides is 1. The quantitative estimate of drug-likeness (QED) is 0.720. The molecule has 156 valence electrons. The highest BCUT2D eigenvalue weighted by Gasteiger charge is 2.41. The molecule has 2 aromatic rings. The Morgan fingerprint density at radius 1 is 1.31 bits per heavy atom. The molecular formula is C19H22ClN3O4S2. The molecule has 0 radical (unpaired) electrons. The lowest BCUT2D eigenvalue weighted by Crippen LogP contribution is -2.42. The zero-order valence-corrected chi connectivity index (χ0v) is 18.5. The Morgan fingerprint density at radius 3 is 2.66 bits per heavy atom. The van der Waals surface area contributed by atoms with E-state index in [1.165, 1.54) is 11.3 Å². The van der Waals surface area contributed by atoms with Crippen LogP contribution in [0.3, 0.4) is 0 Å². The first-order chi connectivity index (χ1) is 13.6. The molecule has 1 saturated carbocycles. The number of nitrogens with one attached hydrogen (secondary N) is 1. The Balaban J connectivity index is 1.43. The van der Waals surface area contributed by atoms with E-state index in [9.17, 15) is 13.2 Å². The first-order valence-corrected chi connectivity index (χ1v) is 12.1. The van der Waals surface area contributed by atoms with Gasteiger partial charge in [-0.3, -0.25) is 10.1 Å². The number of thiazole rings is 1. The van der Waals surface area contributed by atoms with Crippen molar-refractivity contribution in [2.45, 2.75) is 50.5 Å². The van der Waals surface area contributed by atoms with Gasteiger partial charge in [-0.1, -0.05) is 11.6 Å². The first-order valence-electron chi connectivity index (χ1n) is 9.39. The number of benzene rings is 1. The maximum atomic E-state index is 12.7. The van der Waals surface area contributed by atoms with Crippen molar-refractivity contribution in [2.75, 3.05) is 11.9 Å². The summed E-state index contributed by atoms with van der Waals surface area (Å²) < 4.78 is 32.3. The van der Waals surface area contributed by atoms with Gasteiger partial charge in [0.25, 0.3) is 5.91 Å². The summed E-state index contributed by atoms with van der Waals surface area (Å²) in [6.45, 7) is 4.11. The molecule has 29 heavy (non-hydrogen) atoms. The lowest BCUT2D eigenvalue weighted by atomic mass is 10.1. The maximum Gasteiger partial charge on any atom is 0.269 e. The summed E-state index contributed by atoms with van der Waals surface area (Å²) in [6, 6.07) is 6.80. The van der Waals surface area contributed by atoms with Gasteiger partial charge in [0, 0.05) is 29.4 Å². The minimum absolute atomic E-state index is 0.220. The fraction of sp³-hybridized carbons (Fsp3) is 0.474. The van der Waals surface area contributed by atoms with E-state index in [1.807, 2.05) is 0 Å². The average molecular weight is 456 g/mol. The van der Waals surface area contributed by atoms with Crippen LogP contribution in [-0.2, 0) is 27.8 Å². The minimum Gasteiger partial charge on any atom is -0.478 e. The summed E-state index contributed by atoms with van der Waals surface area (Å²) >= 11 is 7.20. The number of aromatic nitrogens is 1. The number of carbonyl (C=O) groups excluding carboxylic acids is 1. The molecule has 0 saturated heterocycles. The second-order valence-corrected chi connectivity index (χ2v) is 11.5. The Morgan fingerprint density at radius 2 is 2.00 bits per heavy atom. The van der Waals surface area contributed by atoms with Crippen molar-refractivity contribution in [3.63, 3.8) is 0 Å². The molecule has 2 heterocycles. The van der Waals surface area contributed by atoms with E-state index in [0.29, 0.717) is 35.4 Å². The molecule has 1 amide bonds. The molecule has 1 aliphatic heterocycles. The van der Waals surface area contributed by atoms with Crippen LogP contribution in [0.1, 0.15) is 37.3 Å². The first kappa shape index (κ1) is 20.6. The summed E-state index contributed by atoms with van der Waals surface area (Å²) in [6.07, 6.45) is 2.05. The van der Waals surface area contributed by atoms with Crippen molar-refractivity contribution < 1.29 is 17.9 Å². The van der Waals surface area contributed by atoms with E-state index in [2.05, 4.69) is 10.3 Å². The normalized spacial score (nSPS) is 17.6. The molecule has 1 N–H and O–H groups in total. The molecule has 1 fully saturated rings. The number of hydrogen-bond acceptors (Lipinski definition) is 6. The highest BCUT2D eigenvalue weighted by Crippen LogP contribution is 2.36.